The predicted octanol–water partition coefficient (Wildman–Crippen LogP) is 4.22. The molecular formula is C35H40N8O3. The third-order valence-corrected chi connectivity index (χ3v) is 8.72. The number of rotatable bonds is 7. The number of anilines is 3. The number of nitrogens with zero attached hydrogens (tertiary/aromatic N) is 7. The van der Waals surface area contributed by atoms with Crippen molar-refractivity contribution in [3.05, 3.63) is 98.8 Å². The molecule has 0 amide bonds. The van der Waals surface area contributed by atoms with Crippen molar-refractivity contribution in [2.45, 2.75) is 39.7 Å². The number of pyridine rings is 1. The van der Waals surface area contributed by atoms with Gasteiger partial charge >= 0.3 is 0 Å². The van der Waals surface area contributed by atoms with E-state index in [1.807, 2.05) is 36.5 Å². The lowest BCUT2D eigenvalue weighted by Crippen LogP contribution is -2.46. The first-order valence-corrected chi connectivity index (χ1v) is 15.6. The quantitative estimate of drug-likeness (QED) is 0.276. The molecule has 0 saturated carbocycles. The van der Waals surface area contributed by atoms with Crippen LogP contribution in [0.2, 0.25) is 0 Å². The van der Waals surface area contributed by atoms with Crippen LogP contribution in [0.4, 0.5) is 17.2 Å². The van der Waals surface area contributed by atoms with E-state index in [4.69, 9.17) is 0 Å². The smallest absolute Gasteiger partial charge is 0.290 e. The second kappa shape index (κ2) is 12.5. The SMILES string of the molecule is CCN1CCN(c2ccc(Nc3cc(-c4cccc(-n5ncc6cc(C(C)(C)C)ccc6c5=O)c4CO)nn(C)c3=O)nc2)CC1. The van der Waals surface area contributed by atoms with Gasteiger partial charge in [-0.3, -0.25) is 9.59 Å². The number of likely N-dealkylation sites (N-methyl/N-ethyl adjacent to an activating group) is 1. The summed E-state index contributed by atoms with van der Waals surface area (Å²) in [6, 6.07) is 16.6. The largest absolute Gasteiger partial charge is 0.392 e. The zero-order valence-corrected chi connectivity index (χ0v) is 27.0. The van der Waals surface area contributed by atoms with E-state index in [1.165, 1.54) is 9.36 Å². The Morgan fingerprint density at radius 2 is 1.72 bits per heavy atom. The van der Waals surface area contributed by atoms with Crippen molar-refractivity contribution in [2.75, 3.05) is 42.9 Å². The number of aliphatic hydroxyl groups is 1. The van der Waals surface area contributed by atoms with Gasteiger partial charge in [-0.05, 0) is 53.9 Å². The molecule has 6 rings (SSSR count). The minimum Gasteiger partial charge on any atom is -0.392 e. The first-order chi connectivity index (χ1) is 22.1. The predicted molar refractivity (Wildman–Crippen MR) is 182 cm³/mol. The van der Waals surface area contributed by atoms with Crippen LogP contribution in [0.15, 0.2) is 76.6 Å². The zero-order chi connectivity index (χ0) is 32.6. The molecule has 3 aromatic heterocycles. The number of nitrogens with one attached hydrogen (secondary N) is 1. The fraction of sp³-hybridized carbons (Fsp3) is 0.343. The molecule has 0 aliphatic carbocycles. The number of hydrogen-bond donors (Lipinski definition) is 2. The van der Waals surface area contributed by atoms with Crippen LogP contribution < -0.4 is 21.3 Å². The third kappa shape index (κ3) is 6.03. The molecule has 46 heavy (non-hydrogen) atoms. The topological polar surface area (TPSA) is 121 Å². The van der Waals surface area contributed by atoms with Gasteiger partial charge in [0.1, 0.15) is 11.5 Å². The Morgan fingerprint density at radius 1 is 0.935 bits per heavy atom. The molecule has 238 valence electrons. The molecule has 0 atom stereocenters. The summed E-state index contributed by atoms with van der Waals surface area (Å²) >= 11 is 0. The summed E-state index contributed by atoms with van der Waals surface area (Å²) < 4.78 is 2.56. The fourth-order valence-corrected chi connectivity index (χ4v) is 5.91. The highest BCUT2D eigenvalue weighted by molar-refractivity contribution is 5.82. The van der Waals surface area contributed by atoms with Gasteiger partial charge in [-0.25, -0.2) is 9.67 Å². The van der Waals surface area contributed by atoms with Crippen molar-refractivity contribution in [2.24, 2.45) is 7.05 Å². The Kier molecular flexibility index (Phi) is 8.45. The average Bonchev–Trinajstić information content (AvgIpc) is 3.06. The van der Waals surface area contributed by atoms with Gasteiger partial charge in [-0.1, -0.05) is 45.9 Å². The van der Waals surface area contributed by atoms with E-state index < -0.39 is 0 Å². The minimum absolute atomic E-state index is 0.0678. The van der Waals surface area contributed by atoms with E-state index in [1.54, 1.807) is 37.5 Å². The Labute approximate surface area is 267 Å². The summed E-state index contributed by atoms with van der Waals surface area (Å²) in [5.41, 5.74) is 3.68. The van der Waals surface area contributed by atoms with Gasteiger partial charge in [0.15, 0.2) is 0 Å². The van der Waals surface area contributed by atoms with Crippen LogP contribution in [0.3, 0.4) is 0 Å². The van der Waals surface area contributed by atoms with Crippen molar-refractivity contribution < 1.29 is 5.11 Å². The van der Waals surface area contributed by atoms with Crippen LogP contribution in [-0.4, -0.2) is 67.3 Å². The van der Waals surface area contributed by atoms with Gasteiger partial charge in [0.25, 0.3) is 11.1 Å². The molecule has 1 saturated heterocycles. The third-order valence-electron chi connectivity index (χ3n) is 8.72. The van der Waals surface area contributed by atoms with E-state index in [0.717, 1.165) is 49.4 Å². The van der Waals surface area contributed by atoms with Crippen molar-refractivity contribution >= 4 is 28.0 Å². The lowest BCUT2D eigenvalue weighted by molar-refractivity contribution is 0.271. The highest BCUT2D eigenvalue weighted by Crippen LogP contribution is 2.29. The molecule has 0 unspecified atom stereocenters. The van der Waals surface area contributed by atoms with Crippen molar-refractivity contribution in [1.29, 1.82) is 0 Å². The normalized spacial score (nSPS) is 14.2. The summed E-state index contributed by atoms with van der Waals surface area (Å²) in [5, 5.41) is 24.0. The minimum atomic E-state index is -0.372. The second-order valence-electron chi connectivity index (χ2n) is 12.7. The number of benzene rings is 2. The molecule has 1 fully saturated rings. The molecule has 0 bridgehead atoms. The standard InChI is InChI=1S/C35H40N8O3/c1-6-41-14-16-42(17-15-41)25-11-13-32(36-21-25)38-30-19-29(39-40(5)34(30)46)27-8-7-9-31(28(27)22-44)43-33(45)26-12-10-24(35(2,3)4)18-23(26)20-37-43/h7-13,18-21,44H,6,14-17,22H2,1-5H3,(H,36,38). The Hall–Kier alpha value is -4.87. The molecule has 4 heterocycles. The van der Waals surface area contributed by atoms with Gasteiger partial charge in [0, 0.05) is 49.7 Å². The summed E-state index contributed by atoms with van der Waals surface area (Å²) in [7, 11) is 1.58. The van der Waals surface area contributed by atoms with Crippen molar-refractivity contribution in [3.8, 4) is 16.9 Å². The van der Waals surface area contributed by atoms with E-state index >= 15 is 0 Å². The second-order valence-corrected chi connectivity index (χ2v) is 12.7. The van der Waals surface area contributed by atoms with Crippen LogP contribution in [0, 0.1) is 0 Å². The summed E-state index contributed by atoms with van der Waals surface area (Å²) in [5.74, 6) is 0.530. The highest BCUT2D eigenvalue weighted by Gasteiger charge is 2.20. The monoisotopic (exact) mass is 620 g/mol. The molecule has 2 N–H and O–H groups in total. The molecule has 1 aliphatic heterocycles. The van der Waals surface area contributed by atoms with Gasteiger partial charge in [-0.2, -0.15) is 14.9 Å². The molecule has 0 radical (unpaired) electrons. The molecule has 5 aromatic rings. The van der Waals surface area contributed by atoms with Crippen LogP contribution in [0.25, 0.3) is 27.7 Å². The number of hydrogen-bond acceptors (Lipinski definition) is 9. The number of aryl methyl sites for hydroxylation is 1. The number of fused-ring (bicyclic) bond motifs is 1. The maximum absolute atomic E-state index is 13.7. The van der Waals surface area contributed by atoms with E-state index in [9.17, 15) is 14.7 Å². The first-order valence-electron chi connectivity index (χ1n) is 15.6. The molecule has 2 aromatic carbocycles. The van der Waals surface area contributed by atoms with E-state index in [2.05, 4.69) is 58.0 Å². The van der Waals surface area contributed by atoms with Gasteiger partial charge in [0.2, 0.25) is 0 Å². The summed E-state index contributed by atoms with van der Waals surface area (Å²) in [4.78, 5) is 36.1. The summed E-state index contributed by atoms with van der Waals surface area (Å²) in [6.07, 6.45) is 3.50. The molecule has 11 nitrogen and oxygen atoms in total. The fourth-order valence-electron chi connectivity index (χ4n) is 5.91. The zero-order valence-electron chi connectivity index (χ0n) is 27.0. The lowest BCUT2D eigenvalue weighted by atomic mass is 9.86. The maximum Gasteiger partial charge on any atom is 0.290 e. The molecule has 0 spiro atoms. The van der Waals surface area contributed by atoms with Crippen molar-refractivity contribution in [1.82, 2.24) is 29.4 Å². The molecule has 1 aliphatic rings. The summed E-state index contributed by atoms with van der Waals surface area (Å²) in [6.45, 7) is 13.2. The first kappa shape index (κ1) is 31.1. The Morgan fingerprint density at radius 3 is 2.39 bits per heavy atom. The van der Waals surface area contributed by atoms with Crippen LogP contribution in [-0.2, 0) is 19.1 Å². The molecule has 11 heteroatoms. The lowest BCUT2D eigenvalue weighted by Gasteiger charge is -2.35. The van der Waals surface area contributed by atoms with Crippen LogP contribution in [0.1, 0.15) is 38.8 Å². The van der Waals surface area contributed by atoms with Gasteiger partial charge < -0.3 is 20.2 Å². The highest BCUT2D eigenvalue weighted by atomic mass is 16.3. The Bertz CT molecular complexity index is 2000. The van der Waals surface area contributed by atoms with Gasteiger partial charge in [-0.15, -0.1) is 0 Å². The van der Waals surface area contributed by atoms with Crippen LogP contribution in [0.5, 0.6) is 0 Å². The average molecular weight is 621 g/mol. The Balaban J connectivity index is 1.33. The maximum atomic E-state index is 13.7. The number of piperazine rings is 1. The number of aromatic nitrogens is 5. The number of aliphatic hydroxyl groups excluding tert-OH is 1. The van der Waals surface area contributed by atoms with E-state index in [0.29, 0.717) is 33.7 Å². The van der Waals surface area contributed by atoms with Gasteiger partial charge in [0.05, 0.1) is 41.5 Å². The van der Waals surface area contributed by atoms with Crippen LogP contribution >= 0.6 is 0 Å². The molecular weight excluding hydrogens is 580 g/mol. The van der Waals surface area contributed by atoms with E-state index in [-0.39, 0.29) is 28.8 Å². The van der Waals surface area contributed by atoms with Crippen molar-refractivity contribution in [3.63, 3.8) is 0 Å².